The Morgan fingerprint density at radius 1 is 1.04 bits per heavy atom. The van der Waals surface area contributed by atoms with Crippen molar-refractivity contribution in [2.45, 2.75) is 43.5 Å². The van der Waals surface area contributed by atoms with Gasteiger partial charge in [0, 0.05) is 12.6 Å². The van der Waals surface area contributed by atoms with Crippen LogP contribution in [0.25, 0.3) is 0 Å². The van der Waals surface area contributed by atoms with Gasteiger partial charge in [0.25, 0.3) is 0 Å². The van der Waals surface area contributed by atoms with Crippen LogP contribution in [0.4, 0.5) is 0 Å². The number of rotatable bonds is 5. The average Bonchev–Trinajstić information content (AvgIpc) is 3.04. The zero-order valence-electron chi connectivity index (χ0n) is 13.5. The summed E-state index contributed by atoms with van der Waals surface area (Å²) in [5.41, 5.74) is 2.35. The molecule has 0 amide bonds. The zero-order chi connectivity index (χ0) is 16.3. The molecule has 0 aromatic heterocycles. The van der Waals surface area contributed by atoms with E-state index >= 15 is 0 Å². The Labute approximate surface area is 139 Å². The third-order valence-electron chi connectivity index (χ3n) is 4.56. The third kappa shape index (κ3) is 3.65. The van der Waals surface area contributed by atoms with E-state index in [9.17, 15) is 8.42 Å². The van der Waals surface area contributed by atoms with Crippen molar-refractivity contribution in [2.75, 3.05) is 6.54 Å². The van der Waals surface area contributed by atoms with Crippen molar-refractivity contribution in [1.29, 1.82) is 0 Å². The normalized spacial score (nSPS) is 19.1. The number of benzene rings is 2. The average molecular weight is 329 g/mol. The number of nitrogens with zero attached hydrogens (tertiary/aromatic N) is 1. The molecule has 1 atom stereocenters. The van der Waals surface area contributed by atoms with Gasteiger partial charge in [-0.2, -0.15) is 4.31 Å². The Morgan fingerprint density at radius 2 is 1.74 bits per heavy atom. The Hall–Kier alpha value is -1.65. The van der Waals surface area contributed by atoms with Gasteiger partial charge in [-0.1, -0.05) is 48.0 Å². The van der Waals surface area contributed by atoms with Crippen molar-refractivity contribution in [2.24, 2.45) is 0 Å². The second kappa shape index (κ2) is 6.85. The Bertz CT molecular complexity index is 739. The lowest BCUT2D eigenvalue weighted by atomic mass is 10.0. The van der Waals surface area contributed by atoms with Crippen molar-refractivity contribution in [3.05, 3.63) is 65.7 Å². The minimum absolute atomic E-state index is 0.113. The maximum Gasteiger partial charge on any atom is 0.243 e. The van der Waals surface area contributed by atoms with Crippen LogP contribution in [0.2, 0.25) is 0 Å². The number of sulfonamides is 1. The third-order valence-corrected chi connectivity index (χ3v) is 6.53. The first-order chi connectivity index (χ1) is 11.1. The van der Waals surface area contributed by atoms with Gasteiger partial charge in [0.2, 0.25) is 10.0 Å². The first-order valence-corrected chi connectivity index (χ1v) is 9.64. The van der Waals surface area contributed by atoms with Gasteiger partial charge >= 0.3 is 0 Å². The van der Waals surface area contributed by atoms with E-state index in [0.717, 1.165) is 31.2 Å². The van der Waals surface area contributed by atoms with Gasteiger partial charge < -0.3 is 0 Å². The van der Waals surface area contributed by atoms with Crippen LogP contribution in [0, 0.1) is 6.92 Å². The summed E-state index contributed by atoms with van der Waals surface area (Å²) in [6.45, 7) is 2.60. The van der Waals surface area contributed by atoms with Crippen LogP contribution in [-0.2, 0) is 16.4 Å². The van der Waals surface area contributed by atoms with Crippen LogP contribution < -0.4 is 0 Å². The van der Waals surface area contributed by atoms with Crippen LogP contribution in [0.3, 0.4) is 0 Å². The van der Waals surface area contributed by atoms with Crippen LogP contribution in [0.1, 0.15) is 30.4 Å². The highest BCUT2D eigenvalue weighted by molar-refractivity contribution is 7.89. The summed E-state index contributed by atoms with van der Waals surface area (Å²) in [5.74, 6) is 0. The number of aryl methyl sites for hydroxylation is 2. The molecule has 3 nitrogen and oxygen atoms in total. The molecular weight excluding hydrogens is 306 g/mol. The van der Waals surface area contributed by atoms with Crippen LogP contribution in [0.5, 0.6) is 0 Å². The fourth-order valence-electron chi connectivity index (χ4n) is 3.24. The Kier molecular flexibility index (Phi) is 4.83. The molecule has 122 valence electrons. The summed E-state index contributed by atoms with van der Waals surface area (Å²) in [6.07, 6.45) is 3.71. The van der Waals surface area contributed by atoms with Crippen LogP contribution >= 0.6 is 0 Å². The molecule has 0 radical (unpaired) electrons. The minimum atomic E-state index is -3.38. The van der Waals surface area contributed by atoms with Crippen molar-refractivity contribution in [3.8, 4) is 0 Å². The van der Waals surface area contributed by atoms with E-state index in [0.29, 0.717) is 11.4 Å². The van der Waals surface area contributed by atoms with Gasteiger partial charge in [-0.05, 0) is 50.3 Å². The Balaban J connectivity index is 1.74. The topological polar surface area (TPSA) is 37.4 Å². The largest absolute Gasteiger partial charge is 0.243 e. The SMILES string of the molecule is Cc1ccc(S(=O)(=O)N2CCCC2CCc2ccccc2)cc1. The molecule has 23 heavy (non-hydrogen) atoms. The van der Waals surface area contributed by atoms with Crippen molar-refractivity contribution in [1.82, 2.24) is 4.31 Å². The lowest BCUT2D eigenvalue weighted by Gasteiger charge is -2.24. The lowest BCUT2D eigenvalue weighted by Crippen LogP contribution is -2.35. The van der Waals surface area contributed by atoms with E-state index in [4.69, 9.17) is 0 Å². The zero-order valence-corrected chi connectivity index (χ0v) is 14.3. The van der Waals surface area contributed by atoms with Gasteiger partial charge in [0.15, 0.2) is 0 Å². The first-order valence-electron chi connectivity index (χ1n) is 8.20. The monoisotopic (exact) mass is 329 g/mol. The molecule has 1 fully saturated rings. The second-order valence-electron chi connectivity index (χ2n) is 6.25. The van der Waals surface area contributed by atoms with Gasteiger partial charge in [0.05, 0.1) is 4.90 Å². The van der Waals surface area contributed by atoms with Crippen molar-refractivity contribution in [3.63, 3.8) is 0 Å². The van der Waals surface area contributed by atoms with Crippen LogP contribution in [0.15, 0.2) is 59.5 Å². The summed E-state index contributed by atoms with van der Waals surface area (Å²) in [5, 5.41) is 0. The molecule has 3 rings (SSSR count). The lowest BCUT2D eigenvalue weighted by molar-refractivity contribution is 0.370. The molecule has 0 N–H and O–H groups in total. The molecule has 1 unspecified atom stereocenters. The van der Waals surface area contributed by atoms with E-state index in [1.807, 2.05) is 37.3 Å². The molecule has 1 aliphatic heterocycles. The predicted octanol–water partition coefficient (Wildman–Crippen LogP) is 3.78. The molecule has 2 aromatic carbocycles. The molecule has 0 aliphatic carbocycles. The van der Waals surface area contributed by atoms with E-state index in [-0.39, 0.29) is 6.04 Å². The fourth-order valence-corrected chi connectivity index (χ4v) is 4.96. The molecule has 0 saturated carbocycles. The number of hydrogen-bond donors (Lipinski definition) is 0. The number of hydrogen-bond acceptors (Lipinski definition) is 2. The van der Waals surface area contributed by atoms with Crippen molar-refractivity contribution >= 4 is 10.0 Å². The standard InChI is InChI=1S/C19H23NO2S/c1-16-9-13-19(14-10-16)23(21,22)20-15-5-8-18(20)12-11-17-6-3-2-4-7-17/h2-4,6-7,9-10,13-14,18H,5,8,11-12,15H2,1H3. The maximum absolute atomic E-state index is 12.9. The molecule has 1 heterocycles. The molecule has 4 heteroatoms. The molecule has 1 saturated heterocycles. The van der Waals surface area contributed by atoms with E-state index < -0.39 is 10.0 Å². The van der Waals surface area contributed by atoms with Crippen LogP contribution in [-0.4, -0.2) is 25.3 Å². The maximum atomic E-state index is 12.9. The molecule has 2 aromatic rings. The quantitative estimate of drug-likeness (QED) is 0.837. The summed E-state index contributed by atoms with van der Waals surface area (Å²) in [6, 6.07) is 17.6. The Morgan fingerprint density at radius 3 is 2.43 bits per heavy atom. The summed E-state index contributed by atoms with van der Waals surface area (Å²) < 4.78 is 27.5. The van der Waals surface area contributed by atoms with Gasteiger partial charge in [-0.3, -0.25) is 0 Å². The summed E-state index contributed by atoms with van der Waals surface area (Å²) >= 11 is 0. The molecule has 0 spiro atoms. The van der Waals surface area contributed by atoms with E-state index in [1.165, 1.54) is 5.56 Å². The second-order valence-corrected chi connectivity index (χ2v) is 8.14. The summed E-state index contributed by atoms with van der Waals surface area (Å²) in [7, 11) is -3.38. The van der Waals surface area contributed by atoms with Gasteiger partial charge in [-0.15, -0.1) is 0 Å². The predicted molar refractivity (Wildman–Crippen MR) is 92.9 cm³/mol. The van der Waals surface area contributed by atoms with E-state index in [1.54, 1.807) is 16.4 Å². The highest BCUT2D eigenvalue weighted by Crippen LogP contribution is 2.28. The highest BCUT2D eigenvalue weighted by atomic mass is 32.2. The van der Waals surface area contributed by atoms with Gasteiger partial charge in [0.1, 0.15) is 0 Å². The first kappa shape index (κ1) is 16.2. The van der Waals surface area contributed by atoms with Gasteiger partial charge in [-0.25, -0.2) is 8.42 Å². The molecule has 1 aliphatic rings. The smallest absolute Gasteiger partial charge is 0.207 e. The van der Waals surface area contributed by atoms with Crippen molar-refractivity contribution < 1.29 is 8.42 Å². The summed E-state index contributed by atoms with van der Waals surface area (Å²) in [4.78, 5) is 0.412. The van der Waals surface area contributed by atoms with E-state index in [2.05, 4.69) is 12.1 Å². The molecular formula is C19H23NO2S. The fraction of sp³-hybridized carbons (Fsp3) is 0.368. The molecule has 0 bridgehead atoms. The minimum Gasteiger partial charge on any atom is -0.207 e. The highest BCUT2D eigenvalue weighted by Gasteiger charge is 2.34.